The van der Waals surface area contributed by atoms with Gasteiger partial charge in [0.2, 0.25) is 0 Å². The van der Waals surface area contributed by atoms with Gasteiger partial charge in [-0.1, -0.05) is 102 Å². The third-order valence-electron chi connectivity index (χ3n) is 12.5. The Balaban J connectivity index is 1.32. The molecule has 0 aliphatic rings. The lowest BCUT2D eigenvalue weighted by molar-refractivity contribution is 1.13. The van der Waals surface area contributed by atoms with Crippen molar-refractivity contribution in [2.45, 2.75) is 48.5 Å². The van der Waals surface area contributed by atoms with E-state index in [1.807, 2.05) is 19.1 Å². The predicted molar refractivity (Wildman–Crippen MR) is 254 cm³/mol. The molecule has 4 nitrogen and oxygen atoms in total. The topological polar surface area (TPSA) is 57.4 Å². The molecule has 0 amide bonds. The molecule has 2 aromatic heterocycles. The highest BCUT2D eigenvalue weighted by Crippen LogP contribution is 2.43. The van der Waals surface area contributed by atoms with E-state index in [1.165, 1.54) is 44.5 Å². The van der Waals surface area contributed by atoms with Crippen LogP contribution in [0.4, 0.5) is 0 Å². The summed E-state index contributed by atoms with van der Waals surface area (Å²) in [4.78, 5) is 0. The first-order chi connectivity index (χ1) is 29.5. The molecule has 10 rings (SSSR count). The van der Waals surface area contributed by atoms with Gasteiger partial charge in [-0.3, -0.25) is 0 Å². The number of aromatic nitrogens is 2. The van der Waals surface area contributed by atoms with Crippen LogP contribution in [0.25, 0.3) is 88.4 Å². The first-order valence-corrected chi connectivity index (χ1v) is 20.9. The molecule has 8 aromatic carbocycles. The quantitative estimate of drug-likeness (QED) is 0.174. The highest BCUT2D eigenvalue weighted by Gasteiger charge is 2.23. The molecule has 292 valence electrons. The maximum Gasteiger partial charge on any atom is 0.101 e. The van der Waals surface area contributed by atoms with E-state index >= 15 is 0 Å². The lowest BCUT2D eigenvalue weighted by atomic mass is 9.93. The van der Waals surface area contributed by atoms with Crippen molar-refractivity contribution in [3.05, 3.63) is 190 Å². The van der Waals surface area contributed by atoms with E-state index in [0.29, 0.717) is 11.1 Å². The van der Waals surface area contributed by atoms with Gasteiger partial charge in [-0.05, 0) is 153 Å². The Labute approximate surface area is 356 Å². The number of nitriles is 2. The Morgan fingerprint density at radius 3 is 1.33 bits per heavy atom. The van der Waals surface area contributed by atoms with E-state index in [4.69, 9.17) is 0 Å². The molecule has 10 aromatic rings. The predicted octanol–water partition coefficient (Wildman–Crippen LogP) is 14.8. The smallest absolute Gasteiger partial charge is 0.101 e. The summed E-state index contributed by atoms with van der Waals surface area (Å²) < 4.78 is 4.60. The van der Waals surface area contributed by atoms with E-state index < -0.39 is 0 Å². The molecule has 0 radical (unpaired) electrons. The van der Waals surface area contributed by atoms with Gasteiger partial charge < -0.3 is 9.13 Å². The molecule has 0 spiro atoms. The molecule has 0 aliphatic carbocycles. The molecule has 4 heteroatoms. The fraction of sp³-hybridized carbons (Fsp3) is 0.123. The minimum Gasteiger partial charge on any atom is -0.309 e. The third kappa shape index (κ3) is 6.03. The van der Waals surface area contributed by atoms with Crippen LogP contribution < -0.4 is 0 Å². The van der Waals surface area contributed by atoms with E-state index in [9.17, 15) is 10.5 Å². The Morgan fingerprint density at radius 1 is 0.377 bits per heavy atom. The van der Waals surface area contributed by atoms with Crippen molar-refractivity contribution in [2.24, 2.45) is 0 Å². The number of rotatable bonds is 5. The average molecular weight is 785 g/mol. The fourth-order valence-corrected chi connectivity index (χ4v) is 10.3. The number of para-hydroxylation sites is 2. The molecule has 0 atom stereocenters. The number of nitrogens with zero attached hydrogens (tertiary/aromatic N) is 4. The zero-order valence-electron chi connectivity index (χ0n) is 35.6. The average Bonchev–Trinajstić information content (AvgIpc) is 3.74. The van der Waals surface area contributed by atoms with Gasteiger partial charge in [0.1, 0.15) is 6.07 Å². The summed E-state index contributed by atoms with van der Waals surface area (Å²) >= 11 is 0. The molecule has 61 heavy (non-hydrogen) atoms. The van der Waals surface area contributed by atoms with E-state index in [0.717, 1.165) is 82.8 Å². The maximum atomic E-state index is 11.3. The molecule has 0 saturated heterocycles. The van der Waals surface area contributed by atoms with Gasteiger partial charge in [-0.2, -0.15) is 10.5 Å². The summed E-state index contributed by atoms with van der Waals surface area (Å²) in [6.45, 7) is 15.1. The second-order valence-corrected chi connectivity index (χ2v) is 16.9. The fourth-order valence-electron chi connectivity index (χ4n) is 10.3. The van der Waals surface area contributed by atoms with Crippen molar-refractivity contribution in [2.75, 3.05) is 0 Å². The van der Waals surface area contributed by atoms with Crippen LogP contribution in [-0.4, -0.2) is 9.13 Å². The van der Waals surface area contributed by atoms with Crippen LogP contribution in [0.2, 0.25) is 0 Å². The van der Waals surface area contributed by atoms with Gasteiger partial charge in [-0.15, -0.1) is 0 Å². The number of aryl methyl sites for hydroxylation is 7. The summed E-state index contributed by atoms with van der Waals surface area (Å²) in [5.41, 5.74) is 22.0. The monoisotopic (exact) mass is 784 g/mol. The van der Waals surface area contributed by atoms with Crippen LogP contribution in [0.3, 0.4) is 0 Å². The van der Waals surface area contributed by atoms with Crippen LogP contribution in [-0.2, 0) is 0 Å². The van der Waals surface area contributed by atoms with Gasteiger partial charge in [0.25, 0.3) is 0 Å². The number of benzene rings is 8. The summed E-state index contributed by atoms with van der Waals surface area (Å²) in [6, 6.07) is 54.9. The van der Waals surface area contributed by atoms with Crippen molar-refractivity contribution in [1.29, 1.82) is 10.5 Å². The van der Waals surface area contributed by atoms with Crippen molar-refractivity contribution in [1.82, 2.24) is 9.13 Å². The van der Waals surface area contributed by atoms with Crippen LogP contribution in [0.15, 0.2) is 140 Å². The van der Waals surface area contributed by atoms with Crippen LogP contribution in [0, 0.1) is 71.1 Å². The summed E-state index contributed by atoms with van der Waals surface area (Å²) in [5, 5.41) is 26.1. The molecule has 2 heterocycles. The second-order valence-electron chi connectivity index (χ2n) is 16.9. The zero-order valence-corrected chi connectivity index (χ0v) is 35.6. The summed E-state index contributed by atoms with van der Waals surface area (Å²) in [5.74, 6) is 0. The first kappa shape index (κ1) is 37.6. The molecule has 0 aliphatic heterocycles. The first-order valence-electron chi connectivity index (χ1n) is 20.9. The highest BCUT2D eigenvalue weighted by molar-refractivity contribution is 6.12. The van der Waals surface area contributed by atoms with Crippen molar-refractivity contribution in [3.8, 4) is 56.9 Å². The Morgan fingerprint density at radius 2 is 0.836 bits per heavy atom. The largest absolute Gasteiger partial charge is 0.309 e. The minimum atomic E-state index is 0.551. The van der Waals surface area contributed by atoms with Crippen molar-refractivity contribution in [3.63, 3.8) is 0 Å². The SMILES string of the molecule is Cc1cc(C#N)cc(-c2cc(-n3c4ccccc4c4ccc(-c5c(C)cc(C)cc5C)cc43)c(C#N)cc2-n2c3ccccc3c3ccc(-c4c(C)cc(C)cc4C)cc32)c1. The highest BCUT2D eigenvalue weighted by atomic mass is 15.0. The number of hydrogen-bond acceptors (Lipinski definition) is 2. The second kappa shape index (κ2) is 14.3. The van der Waals surface area contributed by atoms with Gasteiger partial charge in [0.05, 0.1) is 50.6 Å². The summed E-state index contributed by atoms with van der Waals surface area (Å²) in [7, 11) is 0. The van der Waals surface area contributed by atoms with E-state index in [-0.39, 0.29) is 0 Å². The molecule has 0 bridgehead atoms. The van der Waals surface area contributed by atoms with E-state index in [2.05, 4.69) is 190 Å². The van der Waals surface area contributed by atoms with Gasteiger partial charge >= 0.3 is 0 Å². The minimum absolute atomic E-state index is 0.551. The lowest BCUT2D eigenvalue weighted by Crippen LogP contribution is -2.04. The molecule has 0 N–H and O–H groups in total. The molecule has 0 unspecified atom stereocenters. The molecular weight excluding hydrogens is 741 g/mol. The Hall–Kier alpha value is -7.66. The summed E-state index contributed by atoms with van der Waals surface area (Å²) in [6.07, 6.45) is 0. The van der Waals surface area contributed by atoms with Crippen molar-refractivity contribution < 1.29 is 0 Å². The normalized spacial score (nSPS) is 11.5. The maximum absolute atomic E-state index is 11.3. The Kier molecular flexibility index (Phi) is 8.79. The van der Waals surface area contributed by atoms with Gasteiger partial charge in [-0.25, -0.2) is 0 Å². The third-order valence-corrected chi connectivity index (χ3v) is 12.5. The molecule has 0 saturated carbocycles. The number of fused-ring (bicyclic) bond motifs is 6. The zero-order chi connectivity index (χ0) is 42.3. The van der Waals surface area contributed by atoms with Gasteiger partial charge in [0, 0.05) is 27.1 Å². The number of hydrogen-bond donors (Lipinski definition) is 0. The van der Waals surface area contributed by atoms with Crippen LogP contribution in [0.1, 0.15) is 50.1 Å². The molecular formula is C57H44N4. The van der Waals surface area contributed by atoms with Crippen LogP contribution in [0.5, 0.6) is 0 Å². The van der Waals surface area contributed by atoms with E-state index in [1.54, 1.807) is 0 Å². The standard InChI is InChI=1S/C57H44N4/c1-33-20-36(4)56(37(5)21-33)41-16-18-47-45-12-8-10-14-50(45)60(53(47)27-41)52-30-49(43-25-35(3)24-40(26-43)31-58)55(29-44(52)32-59)61-51-15-11-9-13-46(51)48-19-17-42(28-54(48)61)57-38(6)22-34(2)23-39(57)7/h8-30H,1-7H3. The Bertz CT molecular complexity index is 3530. The molecule has 0 fully saturated rings. The van der Waals surface area contributed by atoms with Crippen LogP contribution >= 0.6 is 0 Å². The van der Waals surface area contributed by atoms with Gasteiger partial charge in [0.15, 0.2) is 0 Å². The van der Waals surface area contributed by atoms with Crippen molar-refractivity contribution >= 4 is 43.6 Å². The lowest BCUT2D eigenvalue weighted by Gasteiger charge is -2.20.